The van der Waals surface area contributed by atoms with Crippen LogP contribution in [0.25, 0.3) is 11.1 Å². The summed E-state index contributed by atoms with van der Waals surface area (Å²) in [6.45, 7) is 2.68. The first-order valence-electron chi connectivity index (χ1n) is 9.31. The Balaban J connectivity index is 1.31. The second kappa shape index (κ2) is 8.01. The maximum atomic E-state index is 12.1. The van der Waals surface area contributed by atoms with Gasteiger partial charge in [-0.15, -0.1) is 0 Å². The Hall–Kier alpha value is -3.52. The monoisotopic (exact) mass is 371 g/mol. The molecule has 0 saturated carbocycles. The first-order valence-corrected chi connectivity index (χ1v) is 9.31. The van der Waals surface area contributed by atoms with Crippen LogP contribution in [0.4, 0.5) is 4.79 Å². The number of hydrogen-bond donors (Lipinski definition) is 2. The zero-order valence-corrected chi connectivity index (χ0v) is 15.7. The molecule has 0 spiro atoms. The minimum atomic E-state index is -0.417. The van der Waals surface area contributed by atoms with Gasteiger partial charge in [0.05, 0.1) is 6.33 Å². The fraction of sp³-hybridized carbons (Fsp3) is 0.217. The summed E-state index contributed by atoms with van der Waals surface area (Å²) in [6.07, 6.45) is 1.74. The van der Waals surface area contributed by atoms with Crippen molar-refractivity contribution in [3.05, 3.63) is 77.4 Å². The summed E-state index contributed by atoms with van der Waals surface area (Å²) in [7, 11) is 0. The minimum absolute atomic E-state index is 0.0700. The second-order valence-corrected chi connectivity index (χ2v) is 6.68. The zero-order chi connectivity index (χ0) is 19.3. The lowest BCUT2D eigenvalue weighted by Crippen LogP contribution is -2.26. The van der Waals surface area contributed by atoms with Crippen LogP contribution in [0.3, 0.4) is 0 Å². The number of aryl methyl sites for hydroxylation is 1. The van der Waals surface area contributed by atoms with Gasteiger partial charge in [-0.3, -0.25) is 0 Å². The number of nitrogens with one attached hydrogen (secondary N) is 2. The number of aromatic nitrogens is 2. The van der Waals surface area contributed by atoms with Crippen LogP contribution in [0.5, 0.6) is 0 Å². The highest BCUT2D eigenvalue weighted by molar-refractivity contribution is 5.79. The van der Waals surface area contributed by atoms with Crippen molar-refractivity contribution < 1.29 is 9.53 Å². The molecule has 0 bridgehead atoms. The van der Waals surface area contributed by atoms with Crippen molar-refractivity contribution in [2.45, 2.75) is 19.3 Å². The predicted molar refractivity (Wildman–Crippen MR) is 108 cm³/mol. The first-order chi connectivity index (χ1) is 13.7. The van der Waals surface area contributed by atoms with Crippen molar-refractivity contribution in [3.63, 3.8) is 0 Å². The lowest BCUT2D eigenvalue weighted by Gasteiger charge is -2.14. The quantitative estimate of drug-likeness (QED) is 0.538. The molecule has 0 unspecified atom stereocenters. The normalized spacial score (nSPS) is 11.9. The Bertz CT molecular complexity index is 1010. The van der Waals surface area contributed by atoms with E-state index in [0.29, 0.717) is 19.6 Å². The molecule has 0 aliphatic heterocycles. The Morgan fingerprint density at radius 1 is 1.14 bits per heavy atom. The van der Waals surface area contributed by atoms with Crippen LogP contribution in [-0.2, 0) is 4.74 Å². The average molecular weight is 371 g/mol. The number of H-pyrrole nitrogens is 1. The lowest BCUT2D eigenvalue weighted by molar-refractivity contribution is 0.143. The number of fused-ring (bicyclic) bond motifs is 3. The number of amides is 1. The first kappa shape index (κ1) is 17.9. The molecular formula is C23H21N3O2. The Labute approximate surface area is 164 Å². The summed E-state index contributed by atoms with van der Waals surface area (Å²) in [5.74, 6) is 6.06. The third-order valence-corrected chi connectivity index (χ3v) is 4.90. The van der Waals surface area contributed by atoms with E-state index in [4.69, 9.17) is 4.74 Å². The van der Waals surface area contributed by atoms with Gasteiger partial charge in [0.25, 0.3) is 0 Å². The molecule has 4 rings (SSSR count). The second-order valence-electron chi connectivity index (χ2n) is 6.68. The number of carbonyl (C=O) groups is 1. The summed E-state index contributed by atoms with van der Waals surface area (Å²) < 4.78 is 5.50. The van der Waals surface area contributed by atoms with Gasteiger partial charge in [0.1, 0.15) is 12.3 Å². The van der Waals surface area contributed by atoms with Gasteiger partial charge in [-0.1, -0.05) is 54.5 Å². The van der Waals surface area contributed by atoms with Crippen LogP contribution in [0.1, 0.15) is 34.9 Å². The number of benzene rings is 2. The van der Waals surface area contributed by atoms with E-state index in [1.165, 1.54) is 22.3 Å². The molecule has 0 saturated heterocycles. The third kappa shape index (κ3) is 3.63. The number of ether oxygens (including phenoxy) is 1. The highest BCUT2D eigenvalue weighted by Crippen LogP contribution is 2.44. The molecule has 1 heterocycles. The van der Waals surface area contributed by atoms with Gasteiger partial charge in [0, 0.05) is 24.6 Å². The molecule has 28 heavy (non-hydrogen) atoms. The molecule has 1 aliphatic carbocycles. The number of nitrogens with zero attached hydrogens (tertiary/aromatic N) is 1. The van der Waals surface area contributed by atoms with E-state index >= 15 is 0 Å². The average Bonchev–Trinajstić information content (AvgIpc) is 3.27. The lowest BCUT2D eigenvalue weighted by atomic mass is 9.98. The van der Waals surface area contributed by atoms with Crippen molar-refractivity contribution in [2.24, 2.45) is 0 Å². The van der Waals surface area contributed by atoms with Crippen LogP contribution in [0.2, 0.25) is 0 Å². The van der Waals surface area contributed by atoms with Gasteiger partial charge >= 0.3 is 6.09 Å². The molecule has 0 fully saturated rings. The van der Waals surface area contributed by atoms with Crippen LogP contribution in [0.15, 0.2) is 54.9 Å². The van der Waals surface area contributed by atoms with Crippen LogP contribution in [-0.4, -0.2) is 29.2 Å². The molecule has 140 valence electrons. The maximum Gasteiger partial charge on any atom is 0.407 e. The molecule has 1 aliphatic rings. The standard InChI is InChI=1S/C23H21N3O2/c1-16-22(26-15-25-16)12-6-7-13-24-23(27)28-14-21-19-10-4-2-8-17(19)18-9-3-5-11-20(18)21/h2-5,8-11,15,21H,7,13-14H2,1H3,(H,24,27)(H,25,26). The molecule has 5 nitrogen and oxygen atoms in total. The highest BCUT2D eigenvalue weighted by atomic mass is 16.5. The van der Waals surface area contributed by atoms with E-state index in [0.717, 1.165) is 11.4 Å². The number of imidazole rings is 1. The molecule has 3 aromatic rings. The molecular weight excluding hydrogens is 350 g/mol. The van der Waals surface area contributed by atoms with E-state index in [2.05, 4.69) is 51.4 Å². The molecule has 2 aromatic carbocycles. The fourth-order valence-corrected chi connectivity index (χ4v) is 3.51. The topological polar surface area (TPSA) is 67.0 Å². The van der Waals surface area contributed by atoms with Crippen molar-refractivity contribution in [1.82, 2.24) is 15.3 Å². The summed E-state index contributed by atoms with van der Waals surface area (Å²) in [5.41, 5.74) is 6.53. The summed E-state index contributed by atoms with van der Waals surface area (Å²) in [6, 6.07) is 16.6. The SMILES string of the molecule is Cc1[nH]cnc1C#CCCNC(=O)OCC1c2ccccc2-c2ccccc21. The van der Waals surface area contributed by atoms with Crippen molar-refractivity contribution in [1.29, 1.82) is 0 Å². The molecule has 2 N–H and O–H groups in total. The molecule has 0 atom stereocenters. The zero-order valence-electron chi connectivity index (χ0n) is 15.7. The van der Waals surface area contributed by atoms with Crippen LogP contribution in [0, 0.1) is 18.8 Å². The fourth-order valence-electron chi connectivity index (χ4n) is 3.51. The van der Waals surface area contributed by atoms with Gasteiger partial charge in [-0.2, -0.15) is 0 Å². The van der Waals surface area contributed by atoms with Gasteiger partial charge in [-0.25, -0.2) is 9.78 Å². The van der Waals surface area contributed by atoms with Crippen LogP contribution < -0.4 is 5.32 Å². The summed E-state index contributed by atoms with van der Waals surface area (Å²) in [4.78, 5) is 19.2. The van der Waals surface area contributed by atoms with E-state index < -0.39 is 6.09 Å². The highest BCUT2D eigenvalue weighted by Gasteiger charge is 2.28. The van der Waals surface area contributed by atoms with E-state index in [9.17, 15) is 4.79 Å². The predicted octanol–water partition coefficient (Wildman–Crippen LogP) is 4.00. The minimum Gasteiger partial charge on any atom is -0.449 e. The number of aromatic amines is 1. The number of rotatable bonds is 4. The van der Waals surface area contributed by atoms with Gasteiger partial charge in [0.15, 0.2) is 0 Å². The molecule has 5 heteroatoms. The van der Waals surface area contributed by atoms with Gasteiger partial charge in [0.2, 0.25) is 0 Å². The van der Waals surface area contributed by atoms with Crippen LogP contribution >= 0.6 is 0 Å². The molecule has 1 amide bonds. The molecule has 1 aromatic heterocycles. The van der Waals surface area contributed by atoms with Gasteiger partial charge in [-0.05, 0) is 35.1 Å². The van der Waals surface area contributed by atoms with E-state index in [1.807, 2.05) is 31.2 Å². The Morgan fingerprint density at radius 2 is 1.82 bits per heavy atom. The Kier molecular flexibility index (Phi) is 5.11. The van der Waals surface area contributed by atoms with Crippen molar-refractivity contribution in [2.75, 3.05) is 13.2 Å². The van der Waals surface area contributed by atoms with E-state index in [1.54, 1.807) is 6.33 Å². The summed E-state index contributed by atoms with van der Waals surface area (Å²) >= 11 is 0. The van der Waals surface area contributed by atoms with Crippen molar-refractivity contribution in [3.8, 4) is 23.0 Å². The molecule has 0 radical (unpaired) electrons. The number of carbonyl (C=O) groups excluding carboxylic acids is 1. The third-order valence-electron chi connectivity index (χ3n) is 4.90. The smallest absolute Gasteiger partial charge is 0.407 e. The Morgan fingerprint density at radius 3 is 2.46 bits per heavy atom. The number of alkyl carbamates (subject to hydrolysis) is 1. The summed E-state index contributed by atoms with van der Waals surface area (Å²) in [5, 5.41) is 2.76. The van der Waals surface area contributed by atoms with Crippen molar-refractivity contribution >= 4 is 6.09 Å². The van der Waals surface area contributed by atoms with Gasteiger partial charge < -0.3 is 15.0 Å². The van der Waals surface area contributed by atoms with E-state index in [-0.39, 0.29) is 5.92 Å². The largest absolute Gasteiger partial charge is 0.449 e. The maximum absolute atomic E-state index is 12.1. The number of hydrogen-bond acceptors (Lipinski definition) is 3.